The first kappa shape index (κ1) is 13.6. The predicted molar refractivity (Wildman–Crippen MR) is 55.2 cm³/mol. The molecule has 0 aliphatic rings. The molecule has 0 heterocycles. The van der Waals surface area contributed by atoms with Crippen molar-refractivity contribution in [1.82, 2.24) is 0 Å². The third-order valence-corrected chi connectivity index (χ3v) is 3.23. The fraction of sp³-hybridized carbons (Fsp3) is 0.875. The van der Waals surface area contributed by atoms with E-state index in [1.807, 2.05) is 0 Å². The summed E-state index contributed by atoms with van der Waals surface area (Å²) in [7, 11) is -3.16. The summed E-state index contributed by atoms with van der Waals surface area (Å²) in [4.78, 5) is 0. The lowest BCUT2D eigenvalue weighted by Crippen LogP contribution is -2.10. The van der Waals surface area contributed by atoms with Crippen LogP contribution in [0.15, 0.2) is 5.16 Å². The lowest BCUT2D eigenvalue weighted by atomic mass is 10.5. The molecule has 0 aromatic carbocycles. The Balaban J connectivity index is 4.41. The van der Waals surface area contributed by atoms with Gasteiger partial charge in [0.15, 0.2) is 0 Å². The molecule has 0 saturated heterocycles. The van der Waals surface area contributed by atoms with Gasteiger partial charge < -0.3 is 14.3 Å². The summed E-state index contributed by atoms with van der Waals surface area (Å²) in [6.45, 7) is 7.08. The second-order valence-corrected chi connectivity index (χ2v) is 5.41. The van der Waals surface area contributed by atoms with Crippen molar-refractivity contribution in [2.24, 2.45) is 5.16 Å². The first-order chi connectivity index (χ1) is 6.39. The summed E-state index contributed by atoms with van der Waals surface area (Å²) < 4.78 is 22.3. The van der Waals surface area contributed by atoms with Gasteiger partial charge in [-0.15, -0.1) is 5.16 Å². The molecule has 5 nitrogen and oxygen atoms in total. The number of rotatable bonds is 6. The molecule has 0 aromatic heterocycles. The van der Waals surface area contributed by atoms with Crippen LogP contribution in [-0.2, 0) is 13.6 Å². The Labute approximate surface area is 84.6 Å². The van der Waals surface area contributed by atoms with Gasteiger partial charge in [0.1, 0.15) is 0 Å². The Morgan fingerprint density at radius 1 is 1.29 bits per heavy atom. The summed E-state index contributed by atoms with van der Waals surface area (Å²) in [6.07, 6.45) is 0.726. The lowest BCUT2D eigenvalue weighted by molar-refractivity contribution is 0.145. The molecule has 0 rings (SSSR count). The molecule has 0 aliphatic heterocycles. The second-order valence-electron chi connectivity index (χ2n) is 3.40. The molecule has 0 unspecified atom stereocenters. The number of hydrogen-bond donors (Lipinski definition) is 1. The highest BCUT2D eigenvalue weighted by molar-refractivity contribution is 7.54. The van der Waals surface area contributed by atoms with Gasteiger partial charge in [0.25, 0.3) is 0 Å². The molecule has 0 aliphatic carbocycles. The van der Waals surface area contributed by atoms with Crippen molar-refractivity contribution in [3.8, 4) is 0 Å². The van der Waals surface area contributed by atoms with Gasteiger partial charge in [0.05, 0.1) is 24.6 Å². The summed E-state index contributed by atoms with van der Waals surface area (Å²) >= 11 is 0. The zero-order valence-corrected chi connectivity index (χ0v) is 9.90. The Kier molecular flexibility index (Phi) is 6.00. The van der Waals surface area contributed by atoms with E-state index in [9.17, 15) is 4.57 Å². The smallest absolute Gasteiger partial charge is 0.336 e. The lowest BCUT2D eigenvalue weighted by Gasteiger charge is -2.21. The van der Waals surface area contributed by atoms with Crippen molar-refractivity contribution in [2.75, 3.05) is 6.16 Å². The highest BCUT2D eigenvalue weighted by Crippen LogP contribution is 2.49. The maximum absolute atomic E-state index is 11.9. The Morgan fingerprint density at radius 2 is 1.71 bits per heavy atom. The molecule has 0 aromatic rings. The van der Waals surface area contributed by atoms with E-state index < -0.39 is 7.60 Å². The van der Waals surface area contributed by atoms with Crippen molar-refractivity contribution in [1.29, 1.82) is 0 Å². The summed E-state index contributed by atoms with van der Waals surface area (Å²) in [5.41, 5.74) is 0. The molecule has 84 valence electrons. The molecule has 0 atom stereocenters. The molecule has 0 fully saturated rings. The Hall–Kier alpha value is -0.380. The predicted octanol–water partition coefficient (Wildman–Crippen LogP) is 2.49. The highest BCUT2D eigenvalue weighted by atomic mass is 31.2. The van der Waals surface area contributed by atoms with E-state index in [1.165, 1.54) is 0 Å². The first-order valence-electron chi connectivity index (χ1n) is 4.51. The van der Waals surface area contributed by atoms with Crippen molar-refractivity contribution < 1.29 is 18.8 Å². The summed E-state index contributed by atoms with van der Waals surface area (Å²) in [5.74, 6) is 0. The van der Waals surface area contributed by atoms with Crippen molar-refractivity contribution in [2.45, 2.75) is 39.9 Å². The van der Waals surface area contributed by atoms with Crippen molar-refractivity contribution >= 4 is 13.8 Å². The molecular weight excluding hydrogens is 205 g/mol. The van der Waals surface area contributed by atoms with E-state index in [-0.39, 0.29) is 18.4 Å². The maximum Gasteiger partial charge on any atom is 0.336 e. The summed E-state index contributed by atoms with van der Waals surface area (Å²) in [5, 5.41) is 11.0. The number of nitrogens with zero attached hydrogens (tertiary/aromatic N) is 1. The van der Waals surface area contributed by atoms with Gasteiger partial charge in [-0.05, 0) is 27.7 Å². The van der Waals surface area contributed by atoms with Crippen LogP contribution in [0.2, 0.25) is 0 Å². The maximum atomic E-state index is 11.9. The van der Waals surface area contributed by atoms with E-state index >= 15 is 0 Å². The minimum atomic E-state index is -3.16. The van der Waals surface area contributed by atoms with Crippen LogP contribution in [0.1, 0.15) is 27.7 Å². The van der Waals surface area contributed by atoms with Crippen LogP contribution in [0, 0.1) is 0 Å². The van der Waals surface area contributed by atoms with Gasteiger partial charge in [-0.2, -0.15) is 0 Å². The minimum Gasteiger partial charge on any atom is -0.411 e. The zero-order valence-electron chi connectivity index (χ0n) is 9.01. The van der Waals surface area contributed by atoms with E-state index in [4.69, 9.17) is 14.3 Å². The second kappa shape index (κ2) is 6.17. The third kappa shape index (κ3) is 6.13. The molecule has 6 heteroatoms. The van der Waals surface area contributed by atoms with E-state index in [0.717, 1.165) is 6.21 Å². The van der Waals surface area contributed by atoms with E-state index in [2.05, 4.69) is 5.16 Å². The third-order valence-electron chi connectivity index (χ3n) is 1.13. The van der Waals surface area contributed by atoms with Crippen molar-refractivity contribution in [3.63, 3.8) is 0 Å². The fourth-order valence-corrected chi connectivity index (χ4v) is 2.67. The van der Waals surface area contributed by atoms with Crippen LogP contribution in [0.5, 0.6) is 0 Å². The van der Waals surface area contributed by atoms with Crippen LogP contribution < -0.4 is 0 Å². The molecule has 1 N–H and O–H groups in total. The van der Waals surface area contributed by atoms with Crippen LogP contribution >= 0.6 is 7.60 Å². The SMILES string of the molecule is CC(C)OP(=O)(CC=NO)OC(C)C. The monoisotopic (exact) mass is 223 g/mol. The van der Waals surface area contributed by atoms with Crippen LogP contribution in [-0.4, -0.2) is 29.8 Å². The zero-order chi connectivity index (χ0) is 11.2. The molecule has 0 amide bonds. The molecule has 0 radical (unpaired) electrons. The molecule has 14 heavy (non-hydrogen) atoms. The Bertz CT molecular complexity index is 213. The van der Waals surface area contributed by atoms with Gasteiger partial charge in [-0.3, -0.25) is 4.57 Å². The standard InChI is InChI=1S/C8H18NO4P/c1-7(2)12-14(11,6-5-9-10)13-8(3)4/h5,7-8,10H,6H2,1-4H3. The van der Waals surface area contributed by atoms with E-state index in [1.54, 1.807) is 27.7 Å². The molecular formula is C8H18NO4P. The van der Waals surface area contributed by atoms with Gasteiger partial charge in [0, 0.05) is 0 Å². The first-order valence-corrected chi connectivity index (χ1v) is 6.24. The average Bonchev–Trinajstić information content (AvgIpc) is 1.97. The number of oxime groups is 1. The fourth-order valence-electron chi connectivity index (χ4n) is 0.890. The van der Waals surface area contributed by atoms with Gasteiger partial charge >= 0.3 is 7.60 Å². The molecule has 0 spiro atoms. The molecule has 0 saturated carbocycles. The quantitative estimate of drug-likeness (QED) is 0.325. The van der Waals surface area contributed by atoms with Crippen LogP contribution in [0.4, 0.5) is 0 Å². The largest absolute Gasteiger partial charge is 0.411 e. The van der Waals surface area contributed by atoms with Gasteiger partial charge in [0.2, 0.25) is 0 Å². The van der Waals surface area contributed by atoms with Crippen LogP contribution in [0.25, 0.3) is 0 Å². The minimum absolute atomic E-state index is 0.0140. The Morgan fingerprint density at radius 3 is 2.00 bits per heavy atom. The van der Waals surface area contributed by atoms with E-state index in [0.29, 0.717) is 0 Å². The highest BCUT2D eigenvalue weighted by Gasteiger charge is 2.26. The van der Waals surface area contributed by atoms with Crippen LogP contribution in [0.3, 0.4) is 0 Å². The normalized spacial score (nSPS) is 13.3. The van der Waals surface area contributed by atoms with Gasteiger partial charge in [-0.1, -0.05) is 0 Å². The summed E-state index contributed by atoms with van der Waals surface area (Å²) in [6, 6.07) is 0. The van der Waals surface area contributed by atoms with Crippen molar-refractivity contribution in [3.05, 3.63) is 0 Å². The topological polar surface area (TPSA) is 68.1 Å². The average molecular weight is 223 g/mol. The van der Waals surface area contributed by atoms with Gasteiger partial charge in [-0.25, -0.2) is 0 Å². The number of hydrogen-bond acceptors (Lipinski definition) is 5. The molecule has 0 bridgehead atoms.